The molecule has 1 aromatic carbocycles. The molecule has 0 bridgehead atoms. The first-order chi connectivity index (χ1) is 8.51. The van der Waals surface area contributed by atoms with Crippen LogP contribution in [-0.4, -0.2) is 28.6 Å². The zero-order valence-electron chi connectivity index (χ0n) is 10.5. The van der Waals surface area contributed by atoms with E-state index in [2.05, 4.69) is 4.72 Å². The highest BCUT2D eigenvalue weighted by atomic mass is 32.2. The zero-order chi connectivity index (χ0) is 13.6. The fourth-order valence-electron chi connectivity index (χ4n) is 1.44. The fraction of sp³-hybridized carbons (Fsp3) is 0.333. The Labute approximate surface area is 108 Å². The van der Waals surface area contributed by atoms with E-state index in [9.17, 15) is 8.42 Å². The Morgan fingerprint density at radius 2 is 2.11 bits per heavy atom. The van der Waals surface area contributed by atoms with Gasteiger partial charge in [0.15, 0.2) is 0 Å². The van der Waals surface area contributed by atoms with Gasteiger partial charge in [-0.1, -0.05) is 12.2 Å². The molecule has 18 heavy (non-hydrogen) atoms. The first-order valence-electron chi connectivity index (χ1n) is 5.50. The largest absolute Gasteiger partial charge is 0.496 e. The van der Waals surface area contributed by atoms with Crippen LogP contribution in [-0.2, 0) is 10.0 Å². The summed E-state index contributed by atoms with van der Waals surface area (Å²) in [4.78, 5) is 0.224. The highest BCUT2D eigenvalue weighted by Gasteiger charge is 2.13. The van der Waals surface area contributed by atoms with Crippen LogP contribution in [0.4, 0.5) is 0 Å². The summed E-state index contributed by atoms with van der Waals surface area (Å²) in [6.07, 6.45) is 3.37. The number of rotatable bonds is 6. The van der Waals surface area contributed by atoms with Crippen molar-refractivity contribution in [1.29, 1.82) is 0 Å². The number of aryl methyl sites for hydroxylation is 1. The summed E-state index contributed by atoms with van der Waals surface area (Å²) < 4.78 is 31.4. The summed E-state index contributed by atoms with van der Waals surface area (Å²) in [5.74, 6) is 0.664. The SMILES string of the molecule is COc1ccc(S(=O)(=O)NC/C=C/CN)cc1C. The van der Waals surface area contributed by atoms with Gasteiger partial charge >= 0.3 is 0 Å². The number of sulfonamides is 1. The van der Waals surface area contributed by atoms with Crippen LogP contribution in [0.3, 0.4) is 0 Å². The maximum Gasteiger partial charge on any atom is 0.240 e. The lowest BCUT2D eigenvalue weighted by Gasteiger charge is -2.08. The van der Waals surface area contributed by atoms with Crippen LogP contribution in [0, 0.1) is 6.92 Å². The predicted octanol–water partition coefficient (Wildman–Crippen LogP) is 0.797. The van der Waals surface area contributed by atoms with E-state index in [1.54, 1.807) is 38.3 Å². The van der Waals surface area contributed by atoms with Gasteiger partial charge in [0.25, 0.3) is 0 Å². The molecule has 0 aliphatic rings. The third-order valence-corrected chi connectivity index (χ3v) is 3.79. The minimum absolute atomic E-state index is 0.224. The number of nitrogens with two attached hydrogens (primary N) is 1. The lowest BCUT2D eigenvalue weighted by atomic mass is 10.2. The van der Waals surface area contributed by atoms with E-state index in [0.717, 1.165) is 5.56 Å². The molecule has 0 aliphatic heterocycles. The van der Waals surface area contributed by atoms with Crippen molar-refractivity contribution in [2.45, 2.75) is 11.8 Å². The Morgan fingerprint density at radius 3 is 2.67 bits per heavy atom. The van der Waals surface area contributed by atoms with Crippen molar-refractivity contribution in [3.05, 3.63) is 35.9 Å². The molecule has 0 heterocycles. The number of benzene rings is 1. The minimum Gasteiger partial charge on any atom is -0.496 e. The molecule has 0 spiro atoms. The van der Waals surface area contributed by atoms with Crippen LogP contribution in [0.1, 0.15) is 5.56 Å². The third kappa shape index (κ3) is 3.83. The summed E-state index contributed by atoms with van der Waals surface area (Å²) in [6, 6.07) is 4.73. The second-order valence-electron chi connectivity index (χ2n) is 3.69. The Kier molecular flexibility index (Phi) is 5.33. The molecule has 0 aromatic heterocycles. The molecule has 1 aromatic rings. The van der Waals surface area contributed by atoms with Crippen molar-refractivity contribution in [1.82, 2.24) is 4.72 Å². The molecule has 0 atom stereocenters. The van der Waals surface area contributed by atoms with Gasteiger partial charge in [0.2, 0.25) is 10.0 Å². The molecule has 1 rings (SSSR count). The molecule has 0 unspecified atom stereocenters. The van der Waals surface area contributed by atoms with Gasteiger partial charge in [-0.2, -0.15) is 0 Å². The second kappa shape index (κ2) is 6.53. The molecule has 100 valence electrons. The molecule has 0 aliphatic carbocycles. The minimum atomic E-state index is -3.49. The van der Waals surface area contributed by atoms with E-state index in [1.807, 2.05) is 0 Å². The maximum absolute atomic E-state index is 11.9. The number of hydrogen-bond acceptors (Lipinski definition) is 4. The second-order valence-corrected chi connectivity index (χ2v) is 5.46. The van der Waals surface area contributed by atoms with E-state index >= 15 is 0 Å². The van der Waals surface area contributed by atoms with Crippen molar-refractivity contribution in [3.63, 3.8) is 0 Å². The molecule has 0 fully saturated rings. The van der Waals surface area contributed by atoms with E-state index < -0.39 is 10.0 Å². The van der Waals surface area contributed by atoms with Gasteiger partial charge in [-0.3, -0.25) is 0 Å². The molecular weight excluding hydrogens is 252 g/mol. The summed E-state index contributed by atoms with van der Waals surface area (Å²) in [7, 11) is -1.94. The lowest BCUT2D eigenvalue weighted by Crippen LogP contribution is -2.24. The Hall–Kier alpha value is -1.37. The summed E-state index contributed by atoms with van der Waals surface area (Å²) in [5.41, 5.74) is 6.04. The summed E-state index contributed by atoms with van der Waals surface area (Å²) in [6.45, 7) is 2.42. The van der Waals surface area contributed by atoms with Gasteiger partial charge in [0.05, 0.1) is 12.0 Å². The topological polar surface area (TPSA) is 81.4 Å². The van der Waals surface area contributed by atoms with Crippen molar-refractivity contribution < 1.29 is 13.2 Å². The monoisotopic (exact) mass is 270 g/mol. The Bertz CT molecular complexity index is 524. The average Bonchev–Trinajstić information content (AvgIpc) is 2.34. The van der Waals surface area contributed by atoms with Crippen molar-refractivity contribution in [2.75, 3.05) is 20.2 Å². The average molecular weight is 270 g/mol. The highest BCUT2D eigenvalue weighted by molar-refractivity contribution is 7.89. The summed E-state index contributed by atoms with van der Waals surface area (Å²) in [5, 5.41) is 0. The Balaban J connectivity index is 2.85. The van der Waals surface area contributed by atoms with Gasteiger partial charge < -0.3 is 10.5 Å². The van der Waals surface area contributed by atoms with Crippen LogP contribution in [0.25, 0.3) is 0 Å². The van der Waals surface area contributed by atoms with Crippen LogP contribution < -0.4 is 15.2 Å². The zero-order valence-corrected chi connectivity index (χ0v) is 11.3. The molecule has 0 saturated heterocycles. The molecule has 0 saturated carbocycles. The molecule has 6 heteroatoms. The van der Waals surface area contributed by atoms with E-state index in [-0.39, 0.29) is 11.4 Å². The van der Waals surface area contributed by atoms with E-state index in [4.69, 9.17) is 10.5 Å². The highest BCUT2D eigenvalue weighted by Crippen LogP contribution is 2.20. The van der Waals surface area contributed by atoms with E-state index in [0.29, 0.717) is 12.3 Å². The number of hydrogen-bond donors (Lipinski definition) is 2. The van der Waals surface area contributed by atoms with Gasteiger partial charge in [-0.25, -0.2) is 13.1 Å². The van der Waals surface area contributed by atoms with Crippen LogP contribution in [0.15, 0.2) is 35.2 Å². The smallest absolute Gasteiger partial charge is 0.240 e. The maximum atomic E-state index is 11.9. The Morgan fingerprint density at radius 1 is 1.39 bits per heavy atom. The van der Waals surface area contributed by atoms with Crippen LogP contribution in [0.2, 0.25) is 0 Å². The quantitative estimate of drug-likeness (QED) is 0.749. The molecular formula is C12H18N2O3S. The molecule has 5 nitrogen and oxygen atoms in total. The van der Waals surface area contributed by atoms with Gasteiger partial charge in [-0.15, -0.1) is 0 Å². The van der Waals surface area contributed by atoms with Gasteiger partial charge in [0, 0.05) is 13.1 Å². The fourth-order valence-corrected chi connectivity index (χ4v) is 2.50. The number of methoxy groups -OCH3 is 1. The van der Waals surface area contributed by atoms with Crippen molar-refractivity contribution in [2.24, 2.45) is 5.73 Å². The van der Waals surface area contributed by atoms with Crippen molar-refractivity contribution >= 4 is 10.0 Å². The van der Waals surface area contributed by atoms with E-state index in [1.165, 1.54) is 6.07 Å². The molecule has 0 radical (unpaired) electrons. The molecule has 0 amide bonds. The number of nitrogens with one attached hydrogen (secondary N) is 1. The first-order valence-corrected chi connectivity index (χ1v) is 6.99. The third-order valence-electron chi connectivity index (χ3n) is 2.37. The summed E-state index contributed by atoms with van der Waals surface area (Å²) >= 11 is 0. The van der Waals surface area contributed by atoms with Gasteiger partial charge in [-0.05, 0) is 30.7 Å². The van der Waals surface area contributed by atoms with Gasteiger partial charge in [0.1, 0.15) is 5.75 Å². The standard InChI is InChI=1S/C12H18N2O3S/c1-10-9-11(5-6-12(10)17-2)18(15,16)14-8-4-3-7-13/h3-6,9,14H,7-8,13H2,1-2H3/b4-3+. The van der Waals surface area contributed by atoms with Crippen LogP contribution >= 0.6 is 0 Å². The van der Waals surface area contributed by atoms with Crippen molar-refractivity contribution in [3.8, 4) is 5.75 Å². The predicted molar refractivity (Wildman–Crippen MR) is 71.1 cm³/mol. The van der Waals surface area contributed by atoms with Crippen LogP contribution in [0.5, 0.6) is 5.75 Å². The number of ether oxygens (including phenoxy) is 1. The molecule has 3 N–H and O–H groups in total. The normalized spacial score (nSPS) is 11.9. The first kappa shape index (κ1) is 14.7. The lowest BCUT2D eigenvalue weighted by molar-refractivity contribution is 0.411.